The number of phosphoric acid groups is 1. The number of hydrogen-bond acceptors (Lipinski definition) is 9. The van der Waals surface area contributed by atoms with Gasteiger partial charge >= 0.3 is 15.4 Å². The molecule has 3 rings (SSSR count). The van der Waals surface area contributed by atoms with Crippen molar-refractivity contribution < 1.29 is 46.7 Å². The van der Waals surface area contributed by atoms with Gasteiger partial charge in [-0.2, -0.15) is 0 Å². The largest absolute Gasteiger partial charge is 0.472 e. The number of fused-ring (bicyclic) bond motifs is 2. The van der Waals surface area contributed by atoms with E-state index in [0.29, 0.717) is 0 Å². The van der Waals surface area contributed by atoms with Crippen LogP contribution in [-0.4, -0.2) is 88.1 Å². The summed E-state index contributed by atoms with van der Waals surface area (Å²) in [5.41, 5.74) is 0. The Kier molecular flexibility index (Phi) is 6.13. The van der Waals surface area contributed by atoms with Gasteiger partial charge in [0.05, 0.1) is 13.2 Å². The number of hydrogen-bond donors (Lipinski definition) is 2. The maximum absolute atomic E-state index is 12.6. The maximum Gasteiger partial charge on any atom is 0.472 e. The van der Waals surface area contributed by atoms with Crippen molar-refractivity contribution in [3.05, 3.63) is 0 Å². The number of rotatable bonds is 0. The van der Waals surface area contributed by atoms with Crippen molar-refractivity contribution >= 4 is 31.1 Å². The van der Waals surface area contributed by atoms with Crippen molar-refractivity contribution in [3.63, 3.8) is 0 Å². The van der Waals surface area contributed by atoms with Crippen LogP contribution in [-0.2, 0) is 36.7 Å². The number of aliphatic hydroxyl groups is 1. The highest BCUT2D eigenvalue weighted by Gasteiger charge is 2.49. The summed E-state index contributed by atoms with van der Waals surface area (Å²) in [6.07, 6.45) is -5.33. The summed E-state index contributed by atoms with van der Waals surface area (Å²) in [6, 6.07) is -1.91. The van der Waals surface area contributed by atoms with Gasteiger partial charge in [-0.15, -0.1) is 0 Å². The fourth-order valence-corrected chi connectivity index (χ4v) is 5.28. The van der Waals surface area contributed by atoms with Crippen molar-refractivity contribution in [3.8, 4) is 0 Å². The molecule has 0 spiro atoms. The van der Waals surface area contributed by atoms with Crippen molar-refractivity contribution in [1.82, 2.24) is 0 Å². The van der Waals surface area contributed by atoms with Crippen LogP contribution in [0.3, 0.4) is 0 Å². The zero-order valence-corrected chi connectivity index (χ0v) is 16.0. The molecular weight excluding hydrogens is 388 g/mol. The first-order valence-corrected chi connectivity index (χ1v) is 11.5. The molecule has 0 amide bonds. The van der Waals surface area contributed by atoms with Gasteiger partial charge in [-0.1, -0.05) is 6.92 Å². The van der Waals surface area contributed by atoms with Crippen LogP contribution in [0.2, 0.25) is 0 Å². The first kappa shape index (κ1) is 21.0. The first-order valence-electron chi connectivity index (χ1n) is 8.05. The van der Waals surface area contributed by atoms with Gasteiger partial charge < -0.3 is 24.0 Å². The lowest BCUT2D eigenvalue weighted by Gasteiger charge is -2.29. The maximum atomic E-state index is 12.6. The first-order chi connectivity index (χ1) is 12.0. The Bertz CT molecular complexity index is 571. The fraction of sp³-hybridized carbons (Fsp3) is 1.00. The normalized spacial score (nSPS) is 56.2. The third-order valence-electron chi connectivity index (χ3n) is 4.55. The zero-order chi connectivity index (χ0) is 19.3. The Labute approximate surface area is 153 Å². The number of aliphatic hydroxyl groups excluding tert-OH is 1. The monoisotopic (exact) mass is 408 g/mol. The Morgan fingerprint density at radius 2 is 1.54 bits per heavy atom. The smallest absolute Gasteiger partial charge is 0.388 e. The second kappa shape index (κ2) is 7.59. The molecular formula is C12H20B2O10P2. The van der Waals surface area contributed by atoms with E-state index in [1.54, 1.807) is 6.92 Å². The van der Waals surface area contributed by atoms with Crippen LogP contribution in [0.1, 0.15) is 6.92 Å². The molecule has 0 aliphatic carbocycles. The van der Waals surface area contributed by atoms with Crippen LogP contribution in [0.4, 0.5) is 0 Å². The minimum atomic E-state index is -4.51. The van der Waals surface area contributed by atoms with E-state index in [1.165, 1.54) is 6.66 Å². The molecule has 0 aromatic rings. The van der Waals surface area contributed by atoms with E-state index < -0.39 is 70.5 Å². The second-order valence-electron chi connectivity index (χ2n) is 6.60. The second-order valence-corrected chi connectivity index (χ2v) is 10.0. The summed E-state index contributed by atoms with van der Waals surface area (Å²) < 4.78 is 56.5. The predicted molar refractivity (Wildman–Crippen MR) is 89.0 cm³/mol. The van der Waals surface area contributed by atoms with E-state index in [0.717, 1.165) is 0 Å². The molecule has 0 aromatic heterocycles. The summed E-state index contributed by atoms with van der Waals surface area (Å²) in [4.78, 5) is 9.99. The van der Waals surface area contributed by atoms with E-state index >= 15 is 0 Å². The molecule has 3 fully saturated rings. The minimum Gasteiger partial charge on any atom is -0.388 e. The lowest BCUT2D eigenvalue weighted by molar-refractivity contribution is -0.0376. The average Bonchev–Trinajstić information content (AvgIpc) is 2.95. The molecule has 3 aliphatic heterocycles. The summed E-state index contributed by atoms with van der Waals surface area (Å²) in [5.74, 6) is -0.446. The molecule has 10 nitrogen and oxygen atoms in total. The molecule has 0 aromatic carbocycles. The number of phosphoric ester groups is 1. The van der Waals surface area contributed by atoms with Gasteiger partial charge in [-0.25, -0.2) is 4.57 Å². The molecule has 3 aliphatic rings. The Morgan fingerprint density at radius 3 is 2.23 bits per heavy atom. The molecule has 26 heavy (non-hydrogen) atoms. The van der Waals surface area contributed by atoms with E-state index in [2.05, 4.69) is 0 Å². The van der Waals surface area contributed by atoms with E-state index in [9.17, 15) is 19.1 Å². The van der Waals surface area contributed by atoms with Gasteiger partial charge in [0.1, 0.15) is 46.2 Å². The van der Waals surface area contributed by atoms with E-state index in [1.807, 2.05) is 0 Å². The lowest BCUT2D eigenvalue weighted by Crippen LogP contribution is -2.38. The van der Waals surface area contributed by atoms with Crippen LogP contribution >= 0.6 is 15.4 Å². The average molecular weight is 408 g/mol. The Hall–Kier alpha value is 0.270. The summed E-state index contributed by atoms with van der Waals surface area (Å²) in [6.45, 7) is 2.14. The van der Waals surface area contributed by atoms with Crippen LogP contribution in [0.25, 0.3) is 0 Å². The molecule has 0 saturated carbocycles. The molecule has 4 radical (unpaired) electrons. The summed E-state index contributed by atoms with van der Waals surface area (Å²) in [5, 5.41) is 10.1. The third-order valence-corrected chi connectivity index (χ3v) is 6.78. The third kappa shape index (κ3) is 4.46. The fourth-order valence-electron chi connectivity index (χ4n) is 3.07. The number of ether oxygens (including phenoxy) is 2. The Morgan fingerprint density at radius 1 is 0.962 bits per heavy atom. The summed E-state index contributed by atoms with van der Waals surface area (Å²) >= 11 is 0. The van der Waals surface area contributed by atoms with Gasteiger partial charge in [-0.3, -0.25) is 18.1 Å². The van der Waals surface area contributed by atoms with Crippen LogP contribution < -0.4 is 0 Å². The Balaban J connectivity index is 1.85. The quantitative estimate of drug-likeness (QED) is 0.400. The topological polar surface area (TPSA) is 130 Å². The van der Waals surface area contributed by atoms with Crippen molar-refractivity contribution in [2.24, 2.45) is 5.92 Å². The molecule has 3 heterocycles. The van der Waals surface area contributed by atoms with E-state index in [-0.39, 0.29) is 6.61 Å². The molecule has 2 N–H and O–H groups in total. The highest BCUT2D eigenvalue weighted by atomic mass is 31.2. The molecule has 0 bridgehead atoms. The minimum absolute atomic E-state index is 0.267. The highest BCUT2D eigenvalue weighted by molar-refractivity contribution is 7.53. The lowest BCUT2D eigenvalue weighted by atomic mass is 9.86. The van der Waals surface area contributed by atoms with Crippen molar-refractivity contribution in [2.75, 3.05) is 19.9 Å². The van der Waals surface area contributed by atoms with Gasteiger partial charge in [0.2, 0.25) is 0 Å². The van der Waals surface area contributed by atoms with Gasteiger partial charge in [-0.05, 0) is 0 Å². The molecule has 14 heteroatoms. The SMILES string of the molecule is [B][C@@H]1O[C@@H]2COP(C)(=O)OC3[C@@H](COP(=O)(O)OC2[C@@H]1C)O[C@@H]([B])[C@H]3O. The highest BCUT2D eigenvalue weighted by Crippen LogP contribution is 2.52. The van der Waals surface area contributed by atoms with Gasteiger partial charge in [0.15, 0.2) is 0 Å². The zero-order valence-electron chi connectivity index (χ0n) is 14.2. The van der Waals surface area contributed by atoms with Crippen LogP contribution in [0.5, 0.6) is 0 Å². The predicted octanol–water partition coefficient (Wildman–Crippen LogP) is -0.489. The molecule has 4 unspecified atom stereocenters. The standard InChI is InChI=1S/C12H20B2O10P2/c1-5-9-6(21-11(5)13)3-19-25(2,16)23-10-7(22-12(14)8(10)15)4-20-26(17,18)24-9/h5-12,15H,3-4H2,1-2H3,(H,17,18)/t5-,6+,7+,8-,9?,10?,11+,12+,25?/m0/s1. The molecule has 10 atom stereocenters. The van der Waals surface area contributed by atoms with Gasteiger partial charge in [0, 0.05) is 24.6 Å². The van der Waals surface area contributed by atoms with Crippen molar-refractivity contribution in [2.45, 2.75) is 49.5 Å². The summed E-state index contributed by atoms with van der Waals surface area (Å²) in [7, 11) is 3.25. The van der Waals surface area contributed by atoms with Crippen molar-refractivity contribution in [1.29, 1.82) is 0 Å². The van der Waals surface area contributed by atoms with Gasteiger partial charge in [0.25, 0.3) is 0 Å². The van der Waals surface area contributed by atoms with Crippen LogP contribution in [0, 0.1) is 5.92 Å². The van der Waals surface area contributed by atoms with Crippen LogP contribution in [0.15, 0.2) is 0 Å². The molecule has 3 saturated heterocycles. The molecule has 144 valence electrons. The van der Waals surface area contributed by atoms with E-state index in [4.69, 9.17) is 43.3 Å².